The minimum absolute atomic E-state index is 0.0449. The summed E-state index contributed by atoms with van der Waals surface area (Å²) in [4.78, 5) is 11.0. The summed E-state index contributed by atoms with van der Waals surface area (Å²) in [7, 11) is 4.64. The minimum Gasteiger partial charge on any atom is -0.495 e. The molecule has 2 rings (SSSR count). The number of aromatic carboxylic acids is 1. The van der Waals surface area contributed by atoms with Crippen LogP contribution in [0.15, 0.2) is 18.2 Å². The lowest BCUT2D eigenvalue weighted by Crippen LogP contribution is -2.00. The van der Waals surface area contributed by atoms with E-state index in [1.54, 1.807) is 19.2 Å². The molecular weight excluding hydrogens is 284 g/mol. The Bertz CT molecular complexity index is 667. The normalized spacial score (nSPS) is 10.4. The molecule has 106 valence electrons. The summed E-state index contributed by atoms with van der Waals surface area (Å²) in [6.07, 6.45) is 0. The highest BCUT2D eigenvalue weighted by molar-refractivity contribution is 6.34. The smallest absolute Gasteiger partial charge is 0.356 e. The van der Waals surface area contributed by atoms with Crippen molar-refractivity contribution in [3.8, 4) is 22.8 Å². The van der Waals surface area contributed by atoms with E-state index in [4.69, 9.17) is 26.2 Å². The number of halogens is 1. The van der Waals surface area contributed by atoms with Crippen molar-refractivity contribution < 1.29 is 19.4 Å². The van der Waals surface area contributed by atoms with Crippen LogP contribution in [0, 0.1) is 0 Å². The van der Waals surface area contributed by atoms with Gasteiger partial charge in [-0.1, -0.05) is 11.6 Å². The number of aryl methyl sites for hydroxylation is 1. The molecule has 0 aliphatic heterocycles. The molecule has 0 unspecified atom stereocenters. The summed E-state index contributed by atoms with van der Waals surface area (Å²) in [5.74, 6) is -0.204. The van der Waals surface area contributed by atoms with Crippen LogP contribution < -0.4 is 9.47 Å². The zero-order valence-electron chi connectivity index (χ0n) is 11.2. The molecule has 1 N–H and O–H groups in total. The number of hydrogen-bond acceptors (Lipinski definition) is 4. The number of rotatable bonds is 4. The molecule has 0 saturated carbocycles. The Morgan fingerprint density at radius 3 is 2.55 bits per heavy atom. The molecule has 0 fully saturated rings. The van der Waals surface area contributed by atoms with Crippen LogP contribution in [0.4, 0.5) is 0 Å². The molecule has 0 saturated heterocycles. The Balaban J connectivity index is 2.63. The van der Waals surface area contributed by atoms with Gasteiger partial charge in [0.15, 0.2) is 11.4 Å². The zero-order chi connectivity index (χ0) is 14.9. The first-order valence-corrected chi connectivity index (χ1v) is 6.05. The molecule has 0 aliphatic rings. The quantitative estimate of drug-likeness (QED) is 0.938. The Morgan fingerprint density at radius 1 is 1.35 bits per heavy atom. The van der Waals surface area contributed by atoms with Crippen LogP contribution in [0.2, 0.25) is 5.02 Å². The third kappa shape index (κ3) is 2.30. The molecule has 0 atom stereocenters. The highest BCUT2D eigenvalue weighted by atomic mass is 35.5. The van der Waals surface area contributed by atoms with E-state index in [-0.39, 0.29) is 5.69 Å². The van der Waals surface area contributed by atoms with Gasteiger partial charge in [-0.05, 0) is 18.2 Å². The molecule has 1 aromatic heterocycles. The van der Waals surface area contributed by atoms with Crippen molar-refractivity contribution in [1.29, 1.82) is 0 Å². The van der Waals surface area contributed by atoms with E-state index >= 15 is 0 Å². The molecule has 0 bridgehead atoms. The standard InChI is InChI=1S/C13H13ClN2O4/c1-16-9(6-8(15-16)13(17)18)7-4-5-10(19-2)11(14)12(7)20-3/h4-6H,1-3H3,(H,17,18). The number of carbonyl (C=O) groups is 1. The lowest BCUT2D eigenvalue weighted by molar-refractivity contribution is 0.0689. The SMILES string of the molecule is COc1ccc(-c2cc(C(=O)O)nn2C)c(OC)c1Cl. The summed E-state index contributed by atoms with van der Waals surface area (Å²) < 4.78 is 11.9. The fraction of sp³-hybridized carbons (Fsp3) is 0.231. The number of carboxylic acid groups (broad SMARTS) is 1. The van der Waals surface area contributed by atoms with Crippen LogP contribution in [0.3, 0.4) is 0 Å². The van der Waals surface area contributed by atoms with Crippen LogP contribution >= 0.6 is 11.6 Å². The first kappa shape index (κ1) is 14.2. The molecule has 0 radical (unpaired) electrons. The summed E-state index contributed by atoms with van der Waals surface area (Å²) in [5.41, 5.74) is 1.18. The second-order valence-corrected chi connectivity index (χ2v) is 4.38. The molecule has 0 amide bonds. The van der Waals surface area contributed by atoms with Crippen LogP contribution in [0.1, 0.15) is 10.5 Å². The predicted molar refractivity (Wildman–Crippen MR) is 73.7 cm³/mol. The van der Waals surface area contributed by atoms with Gasteiger partial charge in [-0.15, -0.1) is 0 Å². The van der Waals surface area contributed by atoms with Crippen molar-refractivity contribution in [1.82, 2.24) is 9.78 Å². The first-order valence-electron chi connectivity index (χ1n) is 5.67. The van der Waals surface area contributed by atoms with E-state index in [9.17, 15) is 4.79 Å². The Hall–Kier alpha value is -2.21. The van der Waals surface area contributed by atoms with Crippen molar-refractivity contribution in [2.24, 2.45) is 7.05 Å². The summed E-state index contributed by atoms with van der Waals surface area (Å²) >= 11 is 6.19. The van der Waals surface area contributed by atoms with Crippen molar-refractivity contribution in [2.75, 3.05) is 14.2 Å². The van der Waals surface area contributed by atoms with Crippen molar-refractivity contribution >= 4 is 17.6 Å². The molecule has 7 heteroatoms. The second-order valence-electron chi connectivity index (χ2n) is 4.01. The number of carboxylic acids is 1. The maximum atomic E-state index is 11.0. The van der Waals surface area contributed by atoms with Gasteiger partial charge in [0.25, 0.3) is 0 Å². The maximum absolute atomic E-state index is 11.0. The second kappa shape index (κ2) is 5.42. The van der Waals surface area contributed by atoms with Crippen LogP contribution in [0.5, 0.6) is 11.5 Å². The number of methoxy groups -OCH3 is 2. The fourth-order valence-electron chi connectivity index (χ4n) is 1.92. The third-order valence-electron chi connectivity index (χ3n) is 2.86. The molecule has 0 spiro atoms. The number of aromatic nitrogens is 2. The number of benzene rings is 1. The van der Waals surface area contributed by atoms with E-state index < -0.39 is 5.97 Å². The van der Waals surface area contributed by atoms with Gasteiger partial charge in [-0.25, -0.2) is 4.79 Å². The van der Waals surface area contributed by atoms with Crippen LogP contribution in [0.25, 0.3) is 11.3 Å². The monoisotopic (exact) mass is 296 g/mol. The molecule has 1 heterocycles. The number of ether oxygens (including phenoxy) is 2. The van der Waals surface area contributed by atoms with Gasteiger partial charge in [0.05, 0.1) is 19.9 Å². The van der Waals surface area contributed by atoms with Crippen LogP contribution in [-0.2, 0) is 7.05 Å². The molecule has 1 aromatic carbocycles. The lowest BCUT2D eigenvalue weighted by Gasteiger charge is -2.13. The lowest BCUT2D eigenvalue weighted by atomic mass is 10.1. The topological polar surface area (TPSA) is 73.6 Å². The van der Waals surface area contributed by atoms with E-state index in [0.717, 1.165) is 0 Å². The van der Waals surface area contributed by atoms with Gasteiger partial charge in [0.1, 0.15) is 10.8 Å². The highest BCUT2D eigenvalue weighted by Gasteiger charge is 2.19. The predicted octanol–water partition coefficient (Wildman–Crippen LogP) is 2.46. The summed E-state index contributed by atoms with van der Waals surface area (Å²) in [5, 5.41) is 13.2. The van der Waals surface area contributed by atoms with Gasteiger partial charge >= 0.3 is 5.97 Å². The van der Waals surface area contributed by atoms with Gasteiger partial charge in [-0.3, -0.25) is 4.68 Å². The van der Waals surface area contributed by atoms with Gasteiger partial charge in [-0.2, -0.15) is 5.10 Å². The van der Waals surface area contributed by atoms with E-state index in [0.29, 0.717) is 27.8 Å². The third-order valence-corrected chi connectivity index (χ3v) is 3.22. The van der Waals surface area contributed by atoms with Crippen molar-refractivity contribution in [3.05, 3.63) is 28.9 Å². The maximum Gasteiger partial charge on any atom is 0.356 e. The molecular formula is C13H13ClN2O4. The van der Waals surface area contributed by atoms with Crippen LogP contribution in [-0.4, -0.2) is 35.1 Å². The molecule has 6 nitrogen and oxygen atoms in total. The largest absolute Gasteiger partial charge is 0.495 e. The Morgan fingerprint density at radius 2 is 2.05 bits per heavy atom. The molecule has 20 heavy (non-hydrogen) atoms. The van der Waals surface area contributed by atoms with Crippen molar-refractivity contribution in [3.63, 3.8) is 0 Å². The van der Waals surface area contributed by atoms with Gasteiger partial charge in [0, 0.05) is 12.6 Å². The average Bonchev–Trinajstić information content (AvgIpc) is 2.80. The summed E-state index contributed by atoms with van der Waals surface area (Å²) in [6, 6.07) is 4.89. The first-order chi connectivity index (χ1) is 9.49. The molecule has 0 aliphatic carbocycles. The van der Waals surface area contributed by atoms with Gasteiger partial charge < -0.3 is 14.6 Å². The number of nitrogens with zero attached hydrogens (tertiary/aromatic N) is 2. The zero-order valence-corrected chi connectivity index (χ0v) is 11.9. The van der Waals surface area contributed by atoms with Crippen molar-refractivity contribution in [2.45, 2.75) is 0 Å². The van der Waals surface area contributed by atoms with Gasteiger partial charge in [0.2, 0.25) is 0 Å². The summed E-state index contributed by atoms with van der Waals surface area (Å²) in [6.45, 7) is 0. The Kier molecular flexibility index (Phi) is 3.85. The van der Waals surface area contributed by atoms with E-state index in [1.807, 2.05) is 0 Å². The van der Waals surface area contributed by atoms with E-state index in [2.05, 4.69) is 5.10 Å². The minimum atomic E-state index is -1.09. The number of hydrogen-bond donors (Lipinski definition) is 1. The average molecular weight is 297 g/mol. The highest BCUT2D eigenvalue weighted by Crippen LogP contribution is 2.41. The fourth-order valence-corrected chi connectivity index (χ4v) is 2.24. The molecule has 2 aromatic rings. The Labute approximate surface area is 120 Å². The van der Waals surface area contributed by atoms with E-state index in [1.165, 1.54) is 25.0 Å².